The predicted octanol–water partition coefficient (Wildman–Crippen LogP) is 0.0657. The van der Waals surface area contributed by atoms with Gasteiger partial charge in [0.15, 0.2) is 6.61 Å². The minimum absolute atomic E-state index is 0.199. The van der Waals surface area contributed by atoms with Gasteiger partial charge in [-0.25, -0.2) is 12.7 Å². The van der Waals surface area contributed by atoms with Crippen LogP contribution in [0.5, 0.6) is 0 Å². The van der Waals surface area contributed by atoms with Gasteiger partial charge in [0.05, 0.1) is 23.3 Å². The summed E-state index contributed by atoms with van der Waals surface area (Å²) in [5.74, 6) is -2.45. The summed E-state index contributed by atoms with van der Waals surface area (Å²) in [4.78, 5) is 49.0. The molecule has 0 aromatic heterocycles. The van der Waals surface area contributed by atoms with Crippen molar-refractivity contribution in [3.8, 4) is 0 Å². The largest absolute Gasteiger partial charge is 0.455 e. The van der Waals surface area contributed by atoms with E-state index in [1.807, 2.05) is 0 Å². The molecule has 156 valence electrons. The normalized spacial score (nSPS) is 17.9. The molecule has 10 nitrogen and oxygen atoms in total. The number of fused-ring (bicyclic) bond motifs is 1. The highest BCUT2D eigenvalue weighted by atomic mass is 32.2. The zero-order valence-corrected chi connectivity index (χ0v) is 16.8. The van der Waals surface area contributed by atoms with Crippen LogP contribution >= 0.6 is 0 Å². The molecule has 29 heavy (non-hydrogen) atoms. The fraction of sp³-hybridized carbons (Fsp3) is 0.444. The summed E-state index contributed by atoms with van der Waals surface area (Å²) in [6.45, 7) is -0.0305. The van der Waals surface area contributed by atoms with Crippen LogP contribution in [0.15, 0.2) is 18.2 Å². The molecule has 2 aliphatic rings. The van der Waals surface area contributed by atoms with Gasteiger partial charge in [-0.05, 0) is 31.0 Å². The van der Waals surface area contributed by atoms with Crippen LogP contribution in [0.4, 0.5) is 5.69 Å². The first-order chi connectivity index (χ1) is 13.6. The number of imide groups is 1. The van der Waals surface area contributed by atoms with Gasteiger partial charge in [-0.3, -0.25) is 24.1 Å². The number of amides is 3. The van der Waals surface area contributed by atoms with Crippen LogP contribution in [0.3, 0.4) is 0 Å². The van der Waals surface area contributed by atoms with E-state index in [2.05, 4.69) is 5.32 Å². The molecule has 0 spiro atoms. The minimum Gasteiger partial charge on any atom is -0.455 e. The first-order valence-corrected chi connectivity index (χ1v) is 10.8. The smallest absolute Gasteiger partial charge is 0.309 e. The van der Waals surface area contributed by atoms with Crippen LogP contribution in [-0.2, 0) is 24.3 Å². The number of esters is 1. The molecule has 0 saturated carbocycles. The van der Waals surface area contributed by atoms with Crippen molar-refractivity contribution in [2.45, 2.75) is 12.8 Å². The average Bonchev–Trinajstić information content (AvgIpc) is 2.89. The first-order valence-electron chi connectivity index (χ1n) is 8.96. The van der Waals surface area contributed by atoms with E-state index in [9.17, 15) is 27.6 Å². The van der Waals surface area contributed by atoms with E-state index in [1.54, 1.807) is 0 Å². The van der Waals surface area contributed by atoms with Crippen molar-refractivity contribution in [3.63, 3.8) is 0 Å². The summed E-state index contributed by atoms with van der Waals surface area (Å²) in [6.07, 6.45) is 1.79. The Morgan fingerprint density at radius 3 is 2.38 bits per heavy atom. The molecule has 1 N–H and O–H groups in total. The van der Waals surface area contributed by atoms with Crippen molar-refractivity contribution in [3.05, 3.63) is 29.3 Å². The summed E-state index contributed by atoms with van der Waals surface area (Å²) in [7, 11) is -1.90. The van der Waals surface area contributed by atoms with E-state index < -0.39 is 46.2 Å². The van der Waals surface area contributed by atoms with Crippen LogP contribution in [-0.4, -0.2) is 74.3 Å². The molecule has 1 aromatic carbocycles. The molecule has 11 heteroatoms. The maximum atomic E-state index is 12.1. The molecule has 0 aliphatic carbocycles. The van der Waals surface area contributed by atoms with Crippen LogP contribution in [0.25, 0.3) is 0 Å². The number of carbonyl (C=O) groups is 4. The Hall–Kier alpha value is -2.79. The Morgan fingerprint density at radius 1 is 1.14 bits per heavy atom. The van der Waals surface area contributed by atoms with Gasteiger partial charge < -0.3 is 10.1 Å². The van der Waals surface area contributed by atoms with Crippen molar-refractivity contribution in [1.82, 2.24) is 9.21 Å². The molecule has 0 bridgehead atoms. The highest BCUT2D eigenvalue weighted by Crippen LogP contribution is 2.25. The van der Waals surface area contributed by atoms with Gasteiger partial charge in [-0.1, -0.05) is 0 Å². The number of benzene rings is 1. The molecule has 0 atom stereocenters. The molecule has 1 aromatic rings. The lowest BCUT2D eigenvalue weighted by molar-refractivity contribution is -0.152. The molecule has 3 amide bonds. The SMILES string of the molecule is CN1C(=O)c2ccc(NC(=O)COC(=O)C3CCN(S(C)(=O)=O)CC3)cc2C1=O. The summed E-state index contributed by atoms with van der Waals surface area (Å²) in [6, 6.07) is 4.35. The van der Waals surface area contributed by atoms with Gasteiger partial charge in [0, 0.05) is 25.8 Å². The monoisotopic (exact) mass is 423 g/mol. The van der Waals surface area contributed by atoms with Crippen LogP contribution < -0.4 is 5.32 Å². The van der Waals surface area contributed by atoms with E-state index in [0.29, 0.717) is 18.5 Å². The molecular weight excluding hydrogens is 402 g/mol. The Balaban J connectivity index is 1.50. The Bertz CT molecular complexity index is 981. The molecule has 1 saturated heterocycles. The molecule has 1 fully saturated rings. The number of anilines is 1. The number of piperidine rings is 1. The summed E-state index contributed by atoms with van der Waals surface area (Å²) in [5.41, 5.74) is 0.773. The van der Waals surface area contributed by atoms with Crippen molar-refractivity contribution in [2.75, 3.05) is 38.3 Å². The molecule has 0 radical (unpaired) electrons. The predicted molar refractivity (Wildman–Crippen MR) is 102 cm³/mol. The fourth-order valence-corrected chi connectivity index (χ4v) is 4.19. The maximum absolute atomic E-state index is 12.1. The van der Waals surface area contributed by atoms with Gasteiger partial charge in [0.25, 0.3) is 17.7 Å². The third-order valence-corrected chi connectivity index (χ3v) is 6.28. The van der Waals surface area contributed by atoms with Crippen molar-refractivity contribution >= 4 is 39.4 Å². The van der Waals surface area contributed by atoms with Crippen molar-refractivity contribution < 1.29 is 32.3 Å². The van der Waals surface area contributed by atoms with Crippen LogP contribution in [0.2, 0.25) is 0 Å². The van der Waals surface area contributed by atoms with E-state index in [4.69, 9.17) is 4.74 Å². The zero-order valence-electron chi connectivity index (χ0n) is 16.0. The molecular formula is C18H21N3O7S. The maximum Gasteiger partial charge on any atom is 0.309 e. The third-order valence-electron chi connectivity index (χ3n) is 4.98. The molecule has 3 rings (SSSR count). The number of sulfonamides is 1. The summed E-state index contributed by atoms with van der Waals surface area (Å²) in [5, 5.41) is 2.52. The van der Waals surface area contributed by atoms with Gasteiger partial charge in [-0.2, -0.15) is 0 Å². The van der Waals surface area contributed by atoms with Crippen LogP contribution in [0.1, 0.15) is 33.6 Å². The van der Waals surface area contributed by atoms with Gasteiger partial charge in [-0.15, -0.1) is 0 Å². The third kappa shape index (κ3) is 4.46. The lowest BCUT2D eigenvalue weighted by Gasteiger charge is -2.28. The molecule has 2 heterocycles. The van der Waals surface area contributed by atoms with Gasteiger partial charge >= 0.3 is 5.97 Å². The van der Waals surface area contributed by atoms with E-state index in [-0.39, 0.29) is 24.2 Å². The number of hydrogen-bond donors (Lipinski definition) is 1. The Morgan fingerprint density at radius 2 is 1.76 bits per heavy atom. The second-order valence-corrected chi connectivity index (χ2v) is 9.00. The Kier molecular flexibility index (Phi) is 5.71. The second kappa shape index (κ2) is 7.91. The lowest BCUT2D eigenvalue weighted by Crippen LogP contribution is -2.40. The number of nitrogens with one attached hydrogen (secondary N) is 1. The first kappa shape index (κ1) is 20.9. The zero-order chi connectivity index (χ0) is 21.3. The number of hydrogen-bond acceptors (Lipinski definition) is 7. The van der Waals surface area contributed by atoms with E-state index in [1.165, 1.54) is 29.6 Å². The standard InChI is InChI=1S/C18H21N3O7S/c1-20-16(23)13-4-3-12(9-14(13)17(20)24)19-15(22)10-28-18(25)11-5-7-21(8-6-11)29(2,26)27/h3-4,9,11H,5-8,10H2,1-2H3,(H,19,22). The molecule has 2 aliphatic heterocycles. The topological polar surface area (TPSA) is 130 Å². The van der Waals surface area contributed by atoms with E-state index >= 15 is 0 Å². The van der Waals surface area contributed by atoms with Crippen LogP contribution in [0, 0.1) is 5.92 Å². The highest BCUT2D eigenvalue weighted by Gasteiger charge is 2.33. The molecule has 0 unspecified atom stereocenters. The fourth-order valence-electron chi connectivity index (χ4n) is 3.31. The van der Waals surface area contributed by atoms with Gasteiger partial charge in [0.2, 0.25) is 10.0 Å². The number of nitrogens with zero attached hydrogens (tertiary/aromatic N) is 2. The number of rotatable bonds is 5. The average molecular weight is 423 g/mol. The lowest BCUT2D eigenvalue weighted by atomic mass is 9.98. The highest BCUT2D eigenvalue weighted by molar-refractivity contribution is 7.88. The second-order valence-electron chi connectivity index (χ2n) is 7.02. The van der Waals surface area contributed by atoms with Gasteiger partial charge in [0.1, 0.15) is 0 Å². The summed E-state index contributed by atoms with van der Waals surface area (Å²) >= 11 is 0. The van der Waals surface area contributed by atoms with Crippen molar-refractivity contribution in [2.24, 2.45) is 5.92 Å². The minimum atomic E-state index is -3.28. The summed E-state index contributed by atoms with van der Waals surface area (Å²) < 4.78 is 29.3. The van der Waals surface area contributed by atoms with Crippen molar-refractivity contribution in [1.29, 1.82) is 0 Å². The number of ether oxygens (including phenoxy) is 1. The van der Waals surface area contributed by atoms with E-state index in [0.717, 1.165) is 11.2 Å². The quantitative estimate of drug-likeness (QED) is 0.524. The Labute approximate surface area is 167 Å². The number of carbonyl (C=O) groups excluding carboxylic acids is 4.